The van der Waals surface area contributed by atoms with Gasteiger partial charge in [0, 0.05) is 19.2 Å². The Labute approximate surface area is 163 Å². The predicted octanol–water partition coefficient (Wildman–Crippen LogP) is 3.19. The second-order valence-electron chi connectivity index (χ2n) is 6.10. The zero-order valence-electron chi connectivity index (χ0n) is 15.2. The van der Waals surface area contributed by atoms with Crippen LogP contribution in [0.1, 0.15) is 28.9 Å². The van der Waals surface area contributed by atoms with E-state index in [-0.39, 0.29) is 9.77 Å². The van der Waals surface area contributed by atoms with E-state index in [0.29, 0.717) is 30.3 Å². The Hall–Kier alpha value is -2.10. The number of hydrogen-bond acceptors (Lipinski definition) is 6. The minimum absolute atomic E-state index is 0.0550. The van der Waals surface area contributed by atoms with Crippen LogP contribution in [-0.2, 0) is 10.0 Å². The van der Waals surface area contributed by atoms with Crippen molar-refractivity contribution >= 4 is 33.0 Å². The first-order valence-electron chi connectivity index (χ1n) is 8.58. The van der Waals surface area contributed by atoms with Crippen molar-refractivity contribution in [2.45, 2.75) is 24.2 Å². The van der Waals surface area contributed by atoms with Crippen LogP contribution in [0.5, 0.6) is 11.5 Å². The van der Waals surface area contributed by atoms with Crippen LogP contribution in [0.15, 0.2) is 34.5 Å². The Morgan fingerprint density at radius 3 is 2.52 bits per heavy atom. The maximum absolute atomic E-state index is 12.9. The molecule has 2 aromatic rings. The van der Waals surface area contributed by atoms with E-state index in [1.165, 1.54) is 24.6 Å². The molecule has 0 unspecified atom stereocenters. The highest BCUT2D eigenvalue weighted by atomic mass is 32.2. The van der Waals surface area contributed by atoms with Crippen LogP contribution >= 0.6 is 11.3 Å². The number of rotatable bonds is 6. The van der Waals surface area contributed by atoms with Gasteiger partial charge in [0.15, 0.2) is 0 Å². The zero-order valence-corrected chi connectivity index (χ0v) is 16.9. The average molecular weight is 411 g/mol. The van der Waals surface area contributed by atoms with E-state index in [2.05, 4.69) is 5.32 Å². The van der Waals surface area contributed by atoms with E-state index >= 15 is 0 Å². The van der Waals surface area contributed by atoms with Crippen LogP contribution in [0.2, 0.25) is 0 Å². The molecule has 2 heterocycles. The van der Waals surface area contributed by atoms with Gasteiger partial charge in [0.25, 0.3) is 5.91 Å². The molecule has 1 aromatic carbocycles. The fraction of sp³-hybridized carbons (Fsp3) is 0.389. The van der Waals surface area contributed by atoms with Crippen molar-refractivity contribution in [3.63, 3.8) is 0 Å². The normalized spacial score (nSPS) is 15.3. The lowest BCUT2D eigenvalue weighted by atomic mass is 10.2. The number of amides is 1. The van der Waals surface area contributed by atoms with Gasteiger partial charge in [-0.3, -0.25) is 4.79 Å². The van der Waals surface area contributed by atoms with Gasteiger partial charge in [-0.05, 0) is 36.4 Å². The quantitative estimate of drug-likeness (QED) is 0.791. The van der Waals surface area contributed by atoms with Gasteiger partial charge in [0.05, 0.1) is 19.9 Å². The number of thiophene rings is 1. The van der Waals surface area contributed by atoms with Gasteiger partial charge in [-0.2, -0.15) is 4.31 Å². The molecule has 0 aliphatic carbocycles. The SMILES string of the molecule is COc1ccc(NC(=O)c2sccc2S(=O)(=O)N2CCCCC2)c(OC)c1. The van der Waals surface area contributed by atoms with E-state index in [9.17, 15) is 13.2 Å². The zero-order chi connectivity index (χ0) is 19.4. The molecule has 3 rings (SSSR count). The third-order valence-corrected chi connectivity index (χ3v) is 7.41. The fourth-order valence-corrected chi connectivity index (χ4v) is 5.80. The van der Waals surface area contributed by atoms with Crippen molar-refractivity contribution in [3.8, 4) is 11.5 Å². The smallest absolute Gasteiger partial charge is 0.267 e. The number of ether oxygens (including phenoxy) is 2. The second kappa shape index (κ2) is 8.28. The molecule has 0 bridgehead atoms. The Kier molecular flexibility index (Phi) is 6.03. The number of hydrogen-bond donors (Lipinski definition) is 1. The van der Waals surface area contributed by atoms with Crippen LogP contribution in [0.3, 0.4) is 0 Å². The minimum Gasteiger partial charge on any atom is -0.497 e. The van der Waals surface area contributed by atoms with E-state index in [0.717, 1.165) is 30.6 Å². The number of carbonyl (C=O) groups is 1. The minimum atomic E-state index is -3.68. The van der Waals surface area contributed by atoms with E-state index in [1.54, 1.807) is 23.6 Å². The van der Waals surface area contributed by atoms with Gasteiger partial charge in [0.1, 0.15) is 21.3 Å². The molecule has 1 amide bonds. The standard InChI is InChI=1S/C18H22N2O5S2/c1-24-13-6-7-14(15(12-13)25-2)19-18(21)17-16(8-11-26-17)27(22,23)20-9-4-3-5-10-20/h6-8,11-12H,3-5,9-10H2,1-2H3,(H,19,21). The highest BCUT2D eigenvalue weighted by Gasteiger charge is 2.31. The maximum atomic E-state index is 12.9. The molecule has 1 N–H and O–H groups in total. The van der Waals surface area contributed by atoms with Gasteiger partial charge in [0.2, 0.25) is 10.0 Å². The van der Waals surface area contributed by atoms with E-state index < -0.39 is 15.9 Å². The molecule has 146 valence electrons. The predicted molar refractivity (Wildman–Crippen MR) is 104 cm³/mol. The molecule has 0 saturated carbocycles. The number of methoxy groups -OCH3 is 2. The molecule has 7 nitrogen and oxygen atoms in total. The number of carbonyl (C=O) groups excluding carboxylic acids is 1. The van der Waals surface area contributed by atoms with Crippen LogP contribution in [-0.4, -0.2) is 45.9 Å². The number of sulfonamides is 1. The number of benzene rings is 1. The molecule has 9 heteroatoms. The summed E-state index contributed by atoms with van der Waals surface area (Å²) in [6.45, 7) is 0.983. The van der Waals surface area contributed by atoms with Crippen molar-refractivity contribution in [3.05, 3.63) is 34.5 Å². The highest BCUT2D eigenvalue weighted by Crippen LogP contribution is 2.32. The summed E-state index contributed by atoms with van der Waals surface area (Å²) in [7, 11) is -0.655. The van der Waals surface area contributed by atoms with Gasteiger partial charge >= 0.3 is 0 Å². The topological polar surface area (TPSA) is 84.9 Å². The van der Waals surface area contributed by atoms with Gasteiger partial charge < -0.3 is 14.8 Å². The van der Waals surface area contributed by atoms with Crippen molar-refractivity contribution < 1.29 is 22.7 Å². The number of anilines is 1. The summed E-state index contributed by atoms with van der Waals surface area (Å²) >= 11 is 1.11. The fourth-order valence-electron chi connectivity index (χ4n) is 2.99. The van der Waals surface area contributed by atoms with Crippen molar-refractivity contribution in [1.82, 2.24) is 4.31 Å². The Balaban J connectivity index is 1.86. The van der Waals surface area contributed by atoms with Crippen LogP contribution < -0.4 is 14.8 Å². The lowest BCUT2D eigenvalue weighted by Crippen LogP contribution is -2.36. The number of nitrogens with zero attached hydrogens (tertiary/aromatic N) is 1. The molecular weight excluding hydrogens is 388 g/mol. The number of piperidine rings is 1. The molecule has 1 saturated heterocycles. The molecule has 27 heavy (non-hydrogen) atoms. The maximum Gasteiger partial charge on any atom is 0.267 e. The molecule has 0 atom stereocenters. The van der Waals surface area contributed by atoms with E-state index in [4.69, 9.17) is 9.47 Å². The first kappa shape index (κ1) is 19.7. The van der Waals surface area contributed by atoms with Gasteiger partial charge in [-0.25, -0.2) is 8.42 Å². The molecule has 1 aliphatic rings. The first-order valence-corrected chi connectivity index (χ1v) is 10.9. The number of nitrogens with one attached hydrogen (secondary N) is 1. The lowest BCUT2D eigenvalue weighted by Gasteiger charge is -2.25. The van der Waals surface area contributed by atoms with Crippen molar-refractivity contribution in [1.29, 1.82) is 0 Å². The van der Waals surface area contributed by atoms with Crippen LogP contribution in [0.4, 0.5) is 5.69 Å². The summed E-state index contributed by atoms with van der Waals surface area (Å²) in [5.41, 5.74) is 0.443. The second-order valence-corrected chi connectivity index (χ2v) is 8.92. The average Bonchev–Trinajstić information content (AvgIpc) is 3.20. The lowest BCUT2D eigenvalue weighted by molar-refractivity contribution is 0.102. The summed E-state index contributed by atoms with van der Waals surface area (Å²) in [5.74, 6) is 0.540. The molecular formula is C18H22N2O5S2. The molecule has 1 aromatic heterocycles. The first-order chi connectivity index (χ1) is 13.0. The van der Waals surface area contributed by atoms with Gasteiger partial charge in [-0.1, -0.05) is 6.42 Å². The summed E-state index contributed by atoms with van der Waals surface area (Å²) < 4.78 is 37.8. The summed E-state index contributed by atoms with van der Waals surface area (Å²) in [6.07, 6.45) is 2.71. The Bertz CT molecular complexity index is 918. The van der Waals surface area contributed by atoms with Crippen molar-refractivity contribution in [2.24, 2.45) is 0 Å². The van der Waals surface area contributed by atoms with Gasteiger partial charge in [-0.15, -0.1) is 11.3 Å². The third kappa shape index (κ3) is 4.10. The largest absolute Gasteiger partial charge is 0.497 e. The summed E-state index contributed by atoms with van der Waals surface area (Å²) in [4.78, 5) is 13.0. The van der Waals surface area contributed by atoms with Crippen molar-refractivity contribution in [2.75, 3.05) is 32.6 Å². The Morgan fingerprint density at radius 1 is 1.11 bits per heavy atom. The molecule has 0 spiro atoms. The molecule has 1 fully saturated rings. The molecule has 0 radical (unpaired) electrons. The highest BCUT2D eigenvalue weighted by molar-refractivity contribution is 7.89. The summed E-state index contributed by atoms with van der Waals surface area (Å²) in [5, 5.41) is 4.36. The monoisotopic (exact) mass is 410 g/mol. The molecule has 1 aliphatic heterocycles. The van der Waals surface area contributed by atoms with E-state index in [1.807, 2.05) is 0 Å². The third-order valence-electron chi connectivity index (χ3n) is 4.43. The van der Waals surface area contributed by atoms with Crippen LogP contribution in [0, 0.1) is 0 Å². The van der Waals surface area contributed by atoms with Crippen LogP contribution in [0.25, 0.3) is 0 Å². The Morgan fingerprint density at radius 2 is 1.85 bits per heavy atom. The summed E-state index contributed by atoms with van der Waals surface area (Å²) in [6, 6.07) is 6.49.